The second-order valence-electron chi connectivity index (χ2n) is 3.75. The molecule has 0 aliphatic heterocycles. The molecule has 2 rings (SSSR count). The smallest absolute Gasteiger partial charge is 0.308 e. The summed E-state index contributed by atoms with van der Waals surface area (Å²) in [7, 11) is 0. The lowest BCUT2D eigenvalue weighted by molar-refractivity contribution is -0.136. The summed E-state index contributed by atoms with van der Waals surface area (Å²) in [6.45, 7) is 1.75. The lowest BCUT2D eigenvalue weighted by Gasteiger charge is -1.98. The maximum Gasteiger partial charge on any atom is 0.308 e. The monoisotopic (exact) mass is 297 g/mol. The lowest BCUT2D eigenvalue weighted by atomic mass is 10.3. The highest BCUT2D eigenvalue weighted by Crippen LogP contribution is 2.20. The Labute approximate surface area is 117 Å². The van der Waals surface area contributed by atoms with Gasteiger partial charge in [-0.1, -0.05) is 0 Å². The zero-order chi connectivity index (χ0) is 13.8. The number of carboxylic acid groups (broad SMARTS) is 1. The number of thiazole rings is 2. The number of hydrogen-bond acceptors (Lipinski definition) is 6. The van der Waals surface area contributed by atoms with Crippen LogP contribution in [0.2, 0.25) is 0 Å². The van der Waals surface area contributed by atoms with Gasteiger partial charge < -0.3 is 10.4 Å². The van der Waals surface area contributed by atoms with Gasteiger partial charge in [0, 0.05) is 16.5 Å². The standard InChI is InChI=1S/C11H11N3O3S2/c1-6-7(4-10(16)17)19-9(13-6)5-8(15)14-11-12-2-3-18-11/h2-3H,4-5H2,1H3,(H,16,17)(H,12,14,15). The van der Waals surface area contributed by atoms with E-state index in [-0.39, 0.29) is 18.7 Å². The summed E-state index contributed by atoms with van der Waals surface area (Å²) in [5.41, 5.74) is 0.671. The molecule has 100 valence electrons. The van der Waals surface area contributed by atoms with Crippen LogP contribution in [0, 0.1) is 6.92 Å². The molecule has 2 aromatic heterocycles. The number of nitrogens with one attached hydrogen (secondary N) is 1. The highest BCUT2D eigenvalue weighted by Gasteiger charge is 2.14. The zero-order valence-corrected chi connectivity index (χ0v) is 11.7. The van der Waals surface area contributed by atoms with Crippen LogP contribution < -0.4 is 5.32 Å². The summed E-state index contributed by atoms with van der Waals surface area (Å²) in [6.07, 6.45) is 1.68. The Kier molecular flexibility index (Phi) is 4.23. The Morgan fingerprint density at radius 2 is 2.21 bits per heavy atom. The van der Waals surface area contributed by atoms with Crippen molar-refractivity contribution in [3.8, 4) is 0 Å². The average molecular weight is 297 g/mol. The van der Waals surface area contributed by atoms with Crippen molar-refractivity contribution in [3.05, 3.63) is 27.2 Å². The molecule has 0 saturated carbocycles. The number of rotatable bonds is 5. The van der Waals surface area contributed by atoms with Gasteiger partial charge in [-0.05, 0) is 6.92 Å². The van der Waals surface area contributed by atoms with Gasteiger partial charge in [-0.3, -0.25) is 9.59 Å². The lowest BCUT2D eigenvalue weighted by Crippen LogP contribution is -2.13. The van der Waals surface area contributed by atoms with Gasteiger partial charge in [0.15, 0.2) is 5.13 Å². The van der Waals surface area contributed by atoms with Gasteiger partial charge in [0.2, 0.25) is 5.91 Å². The molecular formula is C11H11N3O3S2. The van der Waals surface area contributed by atoms with E-state index in [9.17, 15) is 9.59 Å². The van der Waals surface area contributed by atoms with E-state index < -0.39 is 5.97 Å². The minimum Gasteiger partial charge on any atom is -0.481 e. The molecule has 0 bridgehead atoms. The van der Waals surface area contributed by atoms with E-state index in [2.05, 4.69) is 15.3 Å². The van der Waals surface area contributed by atoms with Crippen molar-refractivity contribution in [3.63, 3.8) is 0 Å². The number of aromatic nitrogens is 2. The summed E-state index contributed by atoms with van der Waals surface area (Å²) in [4.78, 5) is 31.2. The van der Waals surface area contributed by atoms with E-state index in [4.69, 9.17) is 5.11 Å². The number of aryl methyl sites for hydroxylation is 1. The van der Waals surface area contributed by atoms with Gasteiger partial charge in [-0.2, -0.15) is 0 Å². The predicted octanol–water partition coefficient (Wildman–Crippen LogP) is 1.72. The van der Waals surface area contributed by atoms with Crippen molar-refractivity contribution < 1.29 is 14.7 Å². The van der Waals surface area contributed by atoms with Gasteiger partial charge >= 0.3 is 5.97 Å². The van der Waals surface area contributed by atoms with Crippen LogP contribution in [-0.4, -0.2) is 27.0 Å². The second-order valence-corrected chi connectivity index (χ2v) is 5.81. The van der Waals surface area contributed by atoms with Crippen LogP contribution in [0.15, 0.2) is 11.6 Å². The van der Waals surface area contributed by atoms with E-state index in [1.54, 1.807) is 18.5 Å². The normalized spacial score (nSPS) is 10.4. The quantitative estimate of drug-likeness (QED) is 0.876. The Morgan fingerprint density at radius 1 is 1.42 bits per heavy atom. The number of aliphatic carboxylic acids is 1. The second kappa shape index (κ2) is 5.89. The summed E-state index contributed by atoms with van der Waals surface area (Å²) in [5.74, 6) is -1.10. The molecule has 0 saturated heterocycles. The molecule has 0 unspecified atom stereocenters. The Hall–Kier alpha value is -1.80. The van der Waals surface area contributed by atoms with Crippen molar-refractivity contribution in [1.29, 1.82) is 0 Å². The molecule has 2 N–H and O–H groups in total. The van der Waals surface area contributed by atoms with E-state index in [0.717, 1.165) is 0 Å². The molecule has 2 heterocycles. The van der Waals surface area contributed by atoms with E-state index in [0.29, 0.717) is 20.7 Å². The van der Waals surface area contributed by atoms with Gasteiger partial charge in [-0.25, -0.2) is 9.97 Å². The molecule has 0 radical (unpaired) electrons. The molecule has 19 heavy (non-hydrogen) atoms. The van der Waals surface area contributed by atoms with Gasteiger partial charge in [0.1, 0.15) is 5.01 Å². The van der Waals surface area contributed by atoms with Crippen molar-refractivity contribution in [2.24, 2.45) is 0 Å². The Bertz CT molecular complexity index is 592. The first-order valence-electron chi connectivity index (χ1n) is 5.41. The summed E-state index contributed by atoms with van der Waals surface area (Å²) in [5, 5.41) is 14.3. The fourth-order valence-corrected chi connectivity index (χ4v) is 3.06. The maximum atomic E-state index is 11.7. The van der Waals surface area contributed by atoms with Crippen molar-refractivity contribution in [2.45, 2.75) is 19.8 Å². The van der Waals surface area contributed by atoms with Crippen molar-refractivity contribution in [2.75, 3.05) is 5.32 Å². The third-order valence-electron chi connectivity index (χ3n) is 2.24. The molecule has 1 amide bonds. The molecule has 2 aromatic rings. The molecule has 8 heteroatoms. The number of hydrogen-bond donors (Lipinski definition) is 2. The predicted molar refractivity (Wildman–Crippen MR) is 72.6 cm³/mol. The molecular weight excluding hydrogens is 286 g/mol. The van der Waals surface area contributed by atoms with E-state index >= 15 is 0 Å². The van der Waals surface area contributed by atoms with E-state index in [1.165, 1.54) is 22.7 Å². The fraction of sp³-hybridized carbons (Fsp3) is 0.273. The number of carboxylic acids is 1. The minimum atomic E-state index is -0.898. The zero-order valence-electron chi connectivity index (χ0n) is 10.0. The van der Waals surface area contributed by atoms with Gasteiger partial charge in [0.05, 0.1) is 18.5 Å². The van der Waals surface area contributed by atoms with E-state index in [1.807, 2.05) is 0 Å². The summed E-state index contributed by atoms with van der Waals surface area (Å²) < 4.78 is 0. The van der Waals surface area contributed by atoms with Gasteiger partial charge in [0.25, 0.3) is 0 Å². The van der Waals surface area contributed by atoms with Crippen LogP contribution >= 0.6 is 22.7 Å². The van der Waals surface area contributed by atoms with Crippen molar-refractivity contribution >= 4 is 39.7 Å². The third-order valence-corrected chi connectivity index (χ3v) is 4.09. The Morgan fingerprint density at radius 3 is 2.84 bits per heavy atom. The molecule has 0 aliphatic rings. The van der Waals surface area contributed by atoms with Gasteiger partial charge in [-0.15, -0.1) is 22.7 Å². The molecule has 6 nitrogen and oxygen atoms in total. The third kappa shape index (κ3) is 3.83. The highest BCUT2D eigenvalue weighted by molar-refractivity contribution is 7.13. The molecule has 0 fully saturated rings. The molecule has 0 aromatic carbocycles. The topological polar surface area (TPSA) is 92.2 Å². The average Bonchev–Trinajstić information content (AvgIpc) is 2.89. The SMILES string of the molecule is Cc1nc(CC(=O)Nc2nccs2)sc1CC(=O)O. The summed E-state index contributed by atoms with van der Waals surface area (Å²) >= 11 is 2.60. The number of nitrogens with zero attached hydrogens (tertiary/aromatic N) is 2. The minimum absolute atomic E-state index is 0.0579. The first-order chi connectivity index (χ1) is 9.04. The van der Waals surface area contributed by atoms with Crippen LogP contribution in [0.25, 0.3) is 0 Å². The maximum absolute atomic E-state index is 11.7. The largest absolute Gasteiger partial charge is 0.481 e. The fourth-order valence-electron chi connectivity index (χ4n) is 1.45. The highest BCUT2D eigenvalue weighted by atomic mass is 32.1. The molecule has 0 atom stereocenters. The molecule has 0 spiro atoms. The van der Waals surface area contributed by atoms with Crippen LogP contribution in [0.1, 0.15) is 15.6 Å². The first kappa shape index (κ1) is 13.6. The number of carbonyl (C=O) groups is 2. The summed E-state index contributed by atoms with van der Waals surface area (Å²) in [6, 6.07) is 0. The van der Waals surface area contributed by atoms with Crippen LogP contribution in [0.3, 0.4) is 0 Å². The Balaban J connectivity index is 1.99. The molecule has 0 aliphatic carbocycles. The van der Waals surface area contributed by atoms with Crippen LogP contribution in [-0.2, 0) is 22.4 Å². The van der Waals surface area contributed by atoms with Crippen LogP contribution in [0.5, 0.6) is 0 Å². The number of anilines is 1. The number of amides is 1. The van der Waals surface area contributed by atoms with Crippen molar-refractivity contribution in [1.82, 2.24) is 9.97 Å². The van der Waals surface area contributed by atoms with Crippen LogP contribution in [0.4, 0.5) is 5.13 Å². The first-order valence-corrected chi connectivity index (χ1v) is 7.10. The number of carbonyl (C=O) groups excluding carboxylic acids is 1.